The van der Waals surface area contributed by atoms with Crippen molar-refractivity contribution in [3.8, 4) is 17.2 Å². The second kappa shape index (κ2) is 10.2. The first-order valence-corrected chi connectivity index (χ1v) is 18.5. The molecule has 13 rings (SSSR count). The molecule has 0 bridgehead atoms. The molecule has 13 aromatic rings. The van der Waals surface area contributed by atoms with E-state index in [1.807, 2.05) is 0 Å². The number of nitrogens with zero attached hydrogens (tertiary/aromatic N) is 4. The van der Waals surface area contributed by atoms with E-state index in [4.69, 9.17) is 9.97 Å². The molecule has 0 saturated carbocycles. The fraction of sp³-hybridized carbons (Fsp3) is 0. The van der Waals surface area contributed by atoms with Gasteiger partial charge in [-0.3, -0.25) is 4.57 Å². The number of aromatic nitrogens is 4. The molecule has 4 nitrogen and oxygen atoms in total. The number of benzene rings is 9. The van der Waals surface area contributed by atoms with Gasteiger partial charge in [0.15, 0.2) is 5.82 Å². The van der Waals surface area contributed by atoms with Crippen LogP contribution in [-0.4, -0.2) is 18.9 Å². The minimum Gasteiger partial charge on any atom is -0.308 e. The van der Waals surface area contributed by atoms with E-state index in [1.165, 1.54) is 81.2 Å². The van der Waals surface area contributed by atoms with Crippen LogP contribution in [0.3, 0.4) is 0 Å². The molecule has 0 aliphatic heterocycles. The van der Waals surface area contributed by atoms with E-state index in [1.54, 1.807) is 0 Å². The van der Waals surface area contributed by atoms with E-state index in [9.17, 15) is 0 Å². The molecule has 0 radical (unpaired) electrons. The zero-order chi connectivity index (χ0) is 35.1. The van der Waals surface area contributed by atoms with Crippen LogP contribution in [-0.2, 0) is 0 Å². The van der Waals surface area contributed by atoms with Crippen LogP contribution in [0.5, 0.6) is 0 Å². The maximum Gasteiger partial charge on any atom is 0.162 e. The standard InChI is InChI=1S/C50H28N4/c1-3-13-33-29(11-1)21-22-31-27-32(23-25-34(31)33)49-51-40-18-8-5-16-37(40)50(52-49)54-43-26-24-30-12-2-4-14-35(30)45(43)47-44(54)28-39-36-15-6-9-19-41(36)53-42-20-10-7-17-38(42)46(47)48(39)53/h1-28H. The Kier molecular flexibility index (Phi) is 5.34. The largest absolute Gasteiger partial charge is 0.308 e. The second-order valence-corrected chi connectivity index (χ2v) is 14.5. The molecule has 0 fully saturated rings. The van der Waals surface area contributed by atoms with Crippen molar-refractivity contribution in [2.75, 3.05) is 0 Å². The predicted octanol–water partition coefficient (Wildman–Crippen LogP) is 13.0. The van der Waals surface area contributed by atoms with Crippen LogP contribution in [0.1, 0.15) is 0 Å². The number of hydrogen-bond donors (Lipinski definition) is 0. The van der Waals surface area contributed by atoms with E-state index in [-0.39, 0.29) is 0 Å². The number of fused-ring (bicyclic) bond motifs is 16. The Labute approximate surface area is 308 Å². The zero-order valence-electron chi connectivity index (χ0n) is 29.0. The predicted molar refractivity (Wildman–Crippen MR) is 226 cm³/mol. The van der Waals surface area contributed by atoms with Crippen LogP contribution in [0.2, 0.25) is 0 Å². The molecule has 0 atom stereocenters. The van der Waals surface area contributed by atoms with E-state index < -0.39 is 0 Å². The minimum atomic E-state index is 0.710. The van der Waals surface area contributed by atoms with Crippen LogP contribution in [0.15, 0.2) is 170 Å². The highest BCUT2D eigenvalue weighted by Crippen LogP contribution is 2.48. The molecule has 0 saturated heterocycles. The molecule has 0 unspecified atom stereocenters. The maximum absolute atomic E-state index is 5.55. The Hall–Kier alpha value is -7.30. The molecule has 248 valence electrons. The van der Waals surface area contributed by atoms with Crippen LogP contribution in [0, 0.1) is 0 Å². The monoisotopic (exact) mass is 684 g/mol. The lowest BCUT2D eigenvalue weighted by atomic mass is 9.99. The van der Waals surface area contributed by atoms with Crippen molar-refractivity contribution in [3.63, 3.8) is 0 Å². The average molecular weight is 685 g/mol. The van der Waals surface area contributed by atoms with Gasteiger partial charge in [-0.15, -0.1) is 0 Å². The highest BCUT2D eigenvalue weighted by molar-refractivity contribution is 6.38. The van der Waals surface area contributed by atoms with Crippen molar-refractivity contribution in [1.82, 2.24) is 18.9 Å². The third kappa shape index (κ3) is 3.57. The number of rotatable bonds is 2. The first-order valence-electron chi connectivity index (χ1n) is 18.5. The van der Waals surface area contributed by atoms with Crippen LogP contribution in [0.25, 0.3) is 120 Å². The molecule has 54 heavy (non-hydrogen) atoms. The highest BCUT2D eigenvalue weighted by atomic mass is 15.1. The van der Waals surface area contributed by atoms with E-state index >= 15 is 0 Å². The van der Waals surface area contributed by atoms with Crippen LogP contribution >= 0.6 is 0 Å². The van der Waals surface area contributed by atoms with E-state index in [0.717, 1.165) is 33.3 Å². The third-order valence-electron chi connectivity index (χ3n) is 11.8. The maximum atomic E-state index is 5.55. The summed E-state index contributed by atoms with van der Waals surface area (Å²) >= 11 is 0. The van der Waals surface area contributed by atoms with Gasteiger partial charge in [0.25, 0.3) is 0 Å². The molecule has 9 aromatic carbocycles. The summed E-state index contributed by atoms with van der Waals surface area (Å²) in [5.74, 6) is 1.59. The van der Waals surface area contributed by atoms with Gasteiger partial charge < -0.3 is 4.40 Å². The zero-order valence-corrected chi connectivity index (χ0v) is 29.0. The summed E-state index contributed by atoms with van der Waals surface area (Å²) in [5.41, 5.74) is 7.91. The van der Waals surface area contributed by atoms with Crippen molar-refractivity contribution < 1.29 is 0 Å². The molecular formula is C50H28N4. The van der Waals surface area contributed by atoms with Crippen molar-refractivity contribution >= 4 is 103 Å². The topological polar surface area (TPSA) is 35.1 Å². The Morgan fingerprint density at radius 3 is 1.83 bits per heavy atom. The highest BCUT2D eigenvalue weighted by Gasteiger charge is 2.26. The molecule has 0 amide bonds. The van der Waals surface area contributed by atoms with Crippen molar-refractivity contribution in [2.24, 2.45) is 0 Å². The van der Waals surface area contributed by atoms with Gasteiger partial charge in [-0.2, -0.15) is 0 Å². The van der Waals surface area contributed by atoms with Gasteiger partial charge in [-0.25, -0.2) is 9.97 Å². The van der Waals surface area contributed by atoms with Gasteiger partial charge in [-0.05, 0) is 74.8 Å². The first-order chi connectivity index (χ1) is 26.8. The van der Waals surface area contributed by atoms with Gasteiger partial charge in [0.1, 0.15) is 5.82 Å². The van der Waals surface area contributed by atoms with Crippen LogP contribution < -0.4 is 0 Å². The molecule has 0 N–H and O–H groups in total. The molecule has 4 heteroatoms. The molecular weight excluding hydrogens is 657 g/mol. The van der Waals surface area contributed by atoms with Gasteiger partial charge in [0, 0.05) is 43.3 Å². The van der Waals surface area contributed by atoms with Gasteiger partial charge >= 0.3 is 0 Å². The summed E-state index contributed by atoms with van der Waals surface area (Å²) in [7, 11) is 0. The Morgan fingerprint density at radius 1 is 0.352 bits per heavy atom. The van der Waals surface area contributed by atoms with Gasteiger partial charge in [-0.1, -0.05) is 127 Å². The summed E-state index contributed by atoms with van der Waals surface area (Å²) in [4.78, 5) is 10.8. The summed E-state index contributed by atoms with van der Waals surface area (Å²) in [6.07, 6.45) is 0. The van der Waals surface area contributed by atoms with Gasteiger partial charge in [0.2, 0.25) is 0 Å². The molecule has 0 spiro atoms. The lowest BCUT2D eigenvalue weighted by molar-refractivity contribution is 1.08. The molecule has 4 heterocycles. The molecule has 4 aromatic heterocycles. The van der Waals surface area contributed by atoms with E-state index in [2.05, 4.69) is 179 Å². The average Bonchev–Trinajstić information content (AvgIpc) is 3.87. The van der Waals surface area contributed by atoms with Crippen molar-refractivity contribution in [2.45, 2.75) is 0 Å². The third-order valence-corrected chi connectivity index (χ3v) is 11.8. The van der Waals surface area contributed by atoms with E-state index in [0.29, 0.717) is 5.82 Å². The fourth-order valence-electron chi connectivity index (χ4n) is 9.51. The summed E-state index contributed by atoms with van der Waals surface area (Å²) < 4.78 is 4.90. The Morgan fingerprint density at radius 2 is 0.981 bits per heavy atom. The van der Waals surface area contributed by atoms with Crippen molar-refractivity contribution in [1.29, 1.82) is 0 Å². The number of para-hydroxylation sites is 3. The summed E-state index contributed by atoms with van der Waals surface area (Å²) in [6, 6.07) is 61.6. The van der Waals surface area contributed by atoms with Crippen LogP contribution in [0.4, 0.5) is 0 Å². The second-order valence-electron chi connectivity index (χ2n) is 14.5. The summed E-state index contributed by atoms with van der Waals surface area (Å²) in [5, 5.41) is 15.9. The SMILES string of the molecule is c1ccc2c(c1)ccc1cc(-c3nc(-n4c5ccc6ccccc6c5c5c6c7ccccc7n7c8ccccc8c(cc54)c67)c4ccccc4n3)ccc12. The Bertz CT molecular complexity index is 3740. The number of hydrogen-bond acceptors (Lipinski definition) is 2. The lowest BCUT2D eigenvalue weighted by Gasteiger charge is -2.13. The fourth-order valence-corrected chi connectivity index (χ4v) is 9.51. The normalized spacial score (nSPS) is 12.4. The Balaban J connectivity index is 1.22. The molecule has 0 aliphatic carbocycles. The first kappa shape index (κ1) is 28.3. The minimum absolute atomic E-state index is 0.710. The summed E-state index contributed by atoms with van der Waals surface area (Å²) in [6.45, 7) is 0. The lowest BCUT2D eigenvalue weighted by Crippen LogP contribution is -2.02. The smallest absolute Gasteiger partial charge is 0.162 e. The van der Waals surface area contributed by atoms with Crippen molar-refractivity contribution in [3.05, 3.63) is 170 Å². The molecule has 0 aliphatic rings. The quantitative estimate of drug-likeness (QED) is 0.170. The van der Waals surface area contributed by atoms with Gasteiger partial charge in [0.05, 0.1) is 33.1 Å².